The summed E-state index contributed by atoms with van der Waals surface area (Å²) in [5, 5.41) is 13.1. The van der Waals surface area contributed by atoms with Gasteiger partial charge in [0, 0.05) is 109 Å². The fourth-order valence-corrected chi connectivity index (χ4v) is 15.8. The first-order valence-corrected chi connectivity index (χ1v) is 36.0. The zero-order valence-electron chi connectivity index (χ0n) is 57.5. The van der Waals surface area contributed by atoms with Crippen LogP contribution in [0.15, 0.2) is 357 Å². The minimum Gasteiger partial charge on any atom is -0.456 e. The molecule has 0 radical (unpaired) electrons. The van der Waals surface area contributed by atoms with Gasteiger partial charge >= 0.3 is 0 Å². The lowest BCUT2D eigenvalue weighted by Gasteiger charge is -2.10. The van der Waals surface area contributed by atoms with Gasteiger partial charge in [-0.2, -0.15) is 0 Å². The molecule has 0 spiro atoms. The molecule has 12 heteroatoms. The molecular formula is C96H56N8O4. The average Bonchev–Trinajstić information content (AvgIpc) is 1.57. The molecule has 504 valence electrons. The number of hydrogen-bond acceptors (Lipinski definition) is 10. The quantitative estimate of drug-likeness (QED) is 0.137. The van der Waals surface area contributed by atoms with Crippen molar-refractivity contribution in [2.45, 2.75) is 0 Å². The maximum atomic E-state index is 6.94. The molecule has 8 aromatic heterocycles. The summed E-state index contributed by atoms with van der Waals surface area (Å²) in [6.07, 6.45) is 0. The summed E-state index contributed by atoms with van der Waals surface area (Å²) in [5.74, 6) is 3.44. The molecule has 0 unspecified atom stereocenters. The summed E-state index contributed by atoms with van der Waals surface area (Å²) in [6.45, 7) is 0. The molecule has 0 atom stereocenters. The van der Waals surface area contributed by atoms with E-state index in [1.807, 2.05) is 121 Å². The van der Waals surface area contributed by atoms with Gasteiger partial charge in [-0.25, -0.2) is 29.9 Å². The largest absolute Gasteiger partial charge is 0.456 e. The number of fused-ring (bicyclic) bond motifs is 20. The third kappa shape index (κ3) is 9.92. The Labute approximate surface area is 615 Å². The molecule has 108 heavy (non-hydrogen) atoms. The summed E-state index contributed by atoms with van der Waals surface area (Å²) in [4.78, 5) is 30.1. The lowest BCUT2D eigenvalue weighted by atomic mass is 10.1. The Balaban J connectivity index is 0.000000135. The van der Waals surface area contributed by atoms with E-state index < -0.39 is 0 Å². The van der Waals surface area contributed by atoms with Crippen LogP contribution in [0.1, 0.15) is 0 Å². The van der Waals surface area contributed by atoms with Crippen LogP contribution in [0, 0.1) is 0 Å². The fourth-order valence-electron chi connectivity index (χ4n) is 15.8. The molecule has 0 aliphatic heterocycles. The summed E-state index contributed by atoms with van der Waals surface area (Å²) >= 11 is 0. The first-order valence-electron chi connectivity index (χ1n) is 36.0. The topological polar surface area (TPSA) is 140 Å². The van der Waals surface area contributed by atoms with Gasteiger partial charge in [0.15, 0.2) is 46.1 Å². The van der Waals surface area contributed by atoms with Crippen molar-refractivity contribution in [2.24, 2.45) is 0 Å². The van der Waals surface area contributed by atoms with E-state index in [4.69, 9.17) is 47.6 Å². The molecule has 0 aliphatic carbocycles. The Kier molecular flexibility index (Phi) is 13.7. The minimum atomic E-state index is 0.558. The van der Waals surface area contributed by atoms with Crippen LogP contribution in [-0.4, -0.2) is 39.0 Å². The second-order valence-electron chi connectivity index (χ2n) is 27.2. The number of rotatable bonds is 9. The highest BCUT2D eigenvalue weighted by Gasteiger charge is 2.24. The van der Waals surface area contributed by atoms with Gasteiger partial charge in [0.25, 0.3) is 0 Å². The Morgan fingerprint density at radius 3 is 0.907 bits per heavy atom. The molecule has 0 fully saturated rings. The number of hydrogen-bond donors (Lipinski definition) is 0. The number of furan rings is 4. The molecule has 23 rings (SSSR count). The van der Waals surface area contributed by atoms with Gasteiger partial charge in [-0.1, -0.05) is 231 Å². The fraction of sp³-hybridized carbons (Fsp3) is 0. The number of aromatic nitrogens is 8. The van der Waals surface area contributed by atoms with Gasteiger partial charge in [0.1, 0.15) is 33.5 Å². The van der Waals surface area contributed by atoms with E-state index in [0.29, 0.717) is 34.9 Å². The van der Waals surface area contributed by atoms with Crippen molar-refractivity contribution in [1.29, 1.82) is 0 Å². The predicted octanol–water partition coefficient (Wildman–Crippen LogP) is 25.2. The summed E-state index contributed by atoms with van der Waals surface area (Å²) < 4.78 is 30.9. The van der Waals surface area contributed by atoms with E-state index in [1.165, 1.54) is 16.3 Å². The van der Waals surface area contributed by atoms with Crippen molar-refractivity contribution in [3.8, 4) is 90.8 Å². The third-order valence-electron chi connectivity index (χ3n) is 20.9. The van der Waals surface area contributed by atoms with Gasteiger partial charge in [-0.15, -0.1) is 0 Å². The summed E-state index contributed by atoms with van der Waals surface area (Å²) in [7, 11) is 0. The molecule has 0 aliphatic rings. The number of benzene rings is 15. The van der Waals surface area contributed by atoms with Crippen LogP contribution in [-0.2, 0) is 0 Å². The Hall–Kier alpha value is -14.9. The zero-order valence-corrected chi connectivity index (χ0v) is 57.5. The van der Waals surface area contributed by atoms with Crippen molar-refractivity contribution in [2.75, 3.05) is 0 Å². The normalized spacial score (nSPS) is 11.9. The van der Waals surface area contributed by atoms with E-state index in [1.54, 1.807) is 0 Å². The highest BCUT2D eigenvalue weighted by Crippen LogP contribution is 2.45. The van der Waals surface area contributed by atoms with Crippen molar-refractivity contribution in [3.63, 3.8) is 0 Å². The predicted molar refractivity (Wildman–Crippen MR) is 435 cm³/mol. The van der Waals surface area contributed by atoms with Gasteiger partial charge in [0.2, 0.25) is 0 Å². The maximum Gasteiger partial charge on any atom is 0.164 e. The van der Waals surface area contributed by atoms with E-state index in [9.17, 15) is 0 Å². The highest BCUT2D eigenvalue weighted by atomic mass is 16.3. The molecular weight excluding hydrogens is 1330 g/mol. The Bertz CT molecular complexity index is 7560. The summed E-state index contributed by atoms with van der Waals surface area (Å²) in [6, 6.07) is 117. The van der Waals surface area contributed by atoms with Crippen LogP contribution >= 0.6 is 0 Å². The van der Waals surface area contributed by atoms with Gasteiger partial charge in [-0.05, 0) is 120 Å². The Morgan fingerprint density at radius 2 is 0.472 bits per heavy atom. The SMILES string of the molecule is c1ccc(-c2cccc(-n3c4ccccc4c4ccc5c6ccc(-c7nc(-c8ccccc8)nc(-c8ccc9c(c8)oc8ccccc89)n7)cc6oc5c43)c2)cc1.c1ccc(-c2nc(-c3ccc4c(c3)oc3ccccc34)nc(-c3ccc4c(c3)oc3c4ccc4c5ccccc5n(-c5ccccc5)c43)n2)cc1. The second-order valence-corrected chi connectivity index (χ2v) is 27.2. The van der Waals surface area contributed by atoms with Gasteiger partial charge < -0.3 is 26.8 Å². The van der Waals surface area contributed by atoms with Crippen molar-refractivity contribution in [1.82, 2.24) is 39.0 Å². The van der Waals surface area contributed by atoms with Crippen molar-refractivity contribution >= 4 is 131 Å². The van der Waals surface area contributed by atoms with Crippen LogP contribution in [0.2, 0.25) is 0 Å². The molecule has 0 bridgehead atoms. The molecule has 23 aromatic rings. The lowest BCUT2D eigenvalue weighted by Crippen LogP contribution is -2.00. The van der Waals surface area contributed by atoms with Crippen LogP contribution in [0.3, 0.4) is 0 Å². The Morgan fingerprint density at radius 1 is 0.176 bits per heavy atom. The smallest absolute Gasteiger partial charge is 0.164 e. The van der Waals surface area contributed by atoms with E-state index >= 15 is 0 Å². The van der Waals surface area contributed by atoms with Crippen molar-refractivity contribution < 1.29 is 17.7 Å². The molecule has 0 amide bonds. The first-order chi connectivity index (χ1) is 53.5. The molecule has 15 aromatic carbocycles. The van der Waals surface area contributed by atoms with Crippen LogP contribution in [0.4, 0.5) is 0 Å². The average molecular weight is 1390 g/mol. The number of para-hydroxylation sites is 5. The van der Waals surface area contributed by atoms with Crippen molar-refractivity contribution in [3.05, 3.63) is 340 Å². The van der Waals surface area contributed by atoms with E-state index in [2.05, 4.69) is 228 Å². The monoisotopic (exact) mass is 1380 g/mol. The van der Waals surface area contributed by atoms with Gasteiger partial charge in [0.05, 0.1) is 22.1 Å². The van der Waals surface area contributed by atoms with Crippen LogP contribution < -0.4 is 0 Å². The molecule has 12 nitrogen and oxygen atoms in total. The van der Waals surface area contributed by atoms with E-state index in [-0.39, 0.29) is 0 Å². The second kappa shape index (κ2) is 24.4. The minimum absolute atomic E-state index is 0.558. The van der Waals surface area contributed by atoms with E-state index in [0.717, 1.165) is 171 Å². The highest BCUT2D eigenvalue weighted by molar-refractivity contribution is 6.23. The first kappa shape index (κ1) is 60.7. The third-order valence-corrected chi connectivity index (χ3v) is 20.9. The maximum absolute atomic E-state index is 6.94. The van der Waals surface area contributed by atoms with Crippen LogP contribution in [0.25, 0.3) is 222 Å². The lowest BCUT2D eigenvalue weighted by molar-refractivity contribution is 0.668. The molecule has 8 heterocycles. The van der Waals surface area contributed by atoms with Gasteiger partial charge in [-0.3, -0.25) is 0 Å². The number of nitrogens with zero attached hydrogens (tertiary/aromatic N) is 8. The van der Waals surface area contributed by atoms with Crippen LogP contribution in [0.5, 0.6) is 0 Å². The zero-order chi connectivity index (χ0) is 70.9. The summed E-state index contributed by atoms with van der Waals surface area (Å²) in [5.41, 5.74) is 20.5. The standard InChI is InChI=1S/C51H30N4O2.C45H26N4O2/c1-3-12-31(13-4-1)33-16-11-17-36(28-33)55-43-20-9-7-18-37(43)41-26-27-42-40-25-23-35(30-46(40)57-48(42)47(41)55)51-53-49(32-14-5-2-6-15-32)52-50(54-51)34-22-24-39-38-19-8-10-21-44(38)56-45(39)29-34;1-3-11-27(12-4-1)43-46-44(28-19-21-33-32-16-8-10-18-38(32)50-39(33)25-28)48-45(47-43)29-20-22-34-36-24-23-35-31-15-7-9-17-37(31)49(30-13-5-2-6-14-30)41(35)42(36)51-40(34)26-29/h1-30H;1-26H. The molecule has 0 N–H and O–H groups in total. The molecule has 0 saturated carbocycles. The molecule has 0 saturated heterocycles.